The van der Waals surface area contributed by atoms with Crippen molar-refractivity contribution in [3.63, 3.8) is 0 Å². The van der Waals surface area contributed by atoms with Gasteiger partial charge in [0, 0.05) is 12.2 Å². The predicted octanol–water partition coefficient (Wildman–Crippen LogP) is 3.80. The van der Waals surface area contributed by atoms with Crippen LogP contribution in [0.3, 0.4) is 0 Å². The zero-order valence-electron chi connectivity index (χ0n) is 10.9. The smallest absolute Gasteiger partial charge is 0.307 e. The zero-order valence-corrected chi connectivity index (χ0v) is 10.9. The SMILES string of the molecule is O=C(N1CCCc2ccccc21)C(F)(F)C(F)(F)C(F)(F)F. The highest BCUT2D eigenvalue weighted by Gasteiger charge is 2.77. The molecule has 1 aliphatic rings. The van der Waals surface area contributed by atoms with Gasteiger partial charge in [0.2, 0.25) is 0 Å². The van der Waals surface area contributed by atoms with Crippen LogP contribution in [0.5, 0.6) is 0 Å². The first-order valence-electron chi connectivity index (χ1n) is 6.22. The van der Waals surface area contributed by atoms with Crippen LogP contribution in [-0.2, 0) is 11.2 Å². The maximum absolute atomic E-state index is 13.5. The Morgan fingerprint density at radius 1 is 1.00 bits per heavy atom. The maximum atomic E-state index is 13.5. The van der Waals surface area contributed by atoms with E-state index in [0.29, 0.717) is 16.9 Å². The molecular formula is C13H10F7NO. The van der Waals surface area contributed by atoms with E-state index >= 15 is 0 Å². The number of carbonyl (C=O) groups is 1. The van der Waals surface area contributed by atoms with Crippen molar-refractivity contribution in [1.29, 1.82) is 0 Å². The van der Waals surface area contributed by atoms with Crippen LogP contribution in [0.25, 0.3) is 0 Å². The number of aryl methyl sites for hydroxylation is 1. The minimum Gasteiger partial charge on any atom is -0.307 e. The van der Waals surface area contributed by atoms with Gasteiger partial charge in [-0.05, 0) is 24.5 Å². The van der Waals surface area contributed by atoms with Crippen molar-refractivity contribution < 1.29 is 35.5 Å². The van der Waals surface area contributed by atoms with Crippen molar-refractivity contribution in [1.82, 2.24) is 0 Å². The van der Waals surface area contributed by atoms with Crippen LogP contribution in [0.4, 0.5) is 36.4 Å². The number of rotatable bonds is 2. The number of halogens is 7. The first-order chi connectivity index (χ1) is 10.00. The van der Waals surface area contributed by atoms with Gasteiger partial charge in [-0.3, -0.25) is 4.79 Å². The summed E-state index contributed by atoms with van der Waals surface area (Å²) in [4.78, 5) is 12.0. The summed E-state index contributed by atoms with van der Waals surface area (Å²) in [6.07, 6.45) is -5.92. The van der Waals surface area contributed by atoms with E-state index in [4.69, 9.17) is 0 Å². The molecular weight excluding hydrogens is 319 g/mol. The molecule has 0 saturated heterocycles. The average Bonchev–Trinajstić information content (AvgIpc) is 2.44. The molecule has 0 fully saturated rings. The van der Waals surface area contributed by atoms with Gasteiger partial charge in [-0.25, -0.2) is 0 Å². The standard InChI is InChI=1S/C13H10F7NO/c14-11(15,12(16,17)13(18,19)20)10(22)21-7-3-5-8-4-1-2-6-9(8)21/h1-2,4,6H,3,5,7H2. The number of fused-ring (bicyclic) bond motifs is 1. The molecule has 0 spiro atoms. The molecule has 1 aliphatic heterocycles. The summed E-state index contributed by atoms with van der Waals surface area (Å²) in [5.41, 5.74) is 0.365. The molecule has 9 heteroatoms. The Labute approximate surface area is 120 Å². The number of nitrogens with zero attached hydrogens (tertiary/aromatic N) is 1. The number of hydrogen-bond acceptors (Lipinski definition) is 1. The molecule has 0 unspecified atom stereocenters. The van der Waals surface area contributed by atoms with E-state index in [-0.39, 0.29) is 18.7 Å². The van der Waals surface area contributed by atoms with Gasteiger partial charge in [0.05, 0.1) is 0 Å². The third-order valence-electron chi connectivity index (χ3n) is 3.37. The molecule has 2 nitrogen and oxygen atoms in total. The maximum Gasteiger partial charge on any atom is 0.460 e. The number of hydrogen-bond donors (Lipinski definition) is 0. The molecule has 0 aliphatic carbocycles. The highest BCUT2D eigenvalue weighted by molar-refractivity contribution is 6.00. The highest BCUT2D eigenvalue weighted by atomic mass is 19.4. The Balaban J connectivity index is 2.41. The van der Waals surface area contributed by atoms with Crippen molar-refractivity contribution in [2.24, 2.45) is 0 Å². The lowest BCUT2D eigenvalue weighted by Gasteiger charge is -2.34. The largest absolute Gasteiger partial charge is 0.460 e. The van der Waals surface area contributed by atoms with E-state index in [2.05, 4.69) is 0 Å². The van der Waals surface area contributed by atoms with E-state index < -0.39 is 23.9 Å². The molecule has 22 heavy (non-hydrogen) atoms. The number of para-hydroxylation sites is 1. The van der Waals surface area contributed by atoms with Crippen LogP contribution in [0, 0.1) is 0 Å². The monoisotopic (exact) mass is 329 g/mol. The van der Waals surface area contributed by atoms with Crippen LogP contribution in [-0.4, -0.2) is 30.5 Å². The molecule has 0 bridgehead atoms. The fourth-order valence-corrected chi connectivity index (χ4v) is 2.23. The van der Waals surface area contributed by atoms with E-state index in [1.165, 1.54) is 18.2 Å². The van der Waals surface area contributed by atoms with Gasteiger partial charge in [-0.2, -0.15) is 30.7 Å². The first kappa shape index (κ1) is 16.6. The molecule has 2 rings (SSSR count). The summed E-state index contributed by atoms with van der Waals surface area (Å²) < 4.78 is 89.4. The normalized spacial score (nSPS) is 16.4. The molecule has 0 aromatic heterocycles. The molecule has 0 atom stereocenters. The van der Waals surface area contributed by atoms with Gasteiger partial charge in [-0.1, -0.05) is 18.2 Å². The van der Waals surface area contributed by atoms with Crippen LogP contribution in [0.1, 0.15) is 12.0 Å². The Kier molecular flexibility index (Phi) is 3.87. The summed E-state index contributed by atoms with van der Waals surface area (Å²) >= 11 is 0. The fraction of sp³-hybridized carbons (Fsp3) is 0.462. The van der Waals surface area contributed by atoms with E-state index in [1.807, 2.05) is 0 Å². The van der Waals surface area contributed by atoms with Gasteiger partial charge in [0.15, 0.2) is 0 Å². The number of alkyl halides is 7. The third-order valence-corrected chi connectivity index (χ3v) is 3.37. The molecule has 0 saturated carbocycles. The van der Waals surface area contributed by atoms with Crippen molar-refractivity contribution in [3.05, 3.63) is 29.8 Å². The Morgan fingerprint density at radius 3 is 2.18 bits per heavy atom. The van der Waals surface area contributed by atoms with Crippen molar-refractivity contribution in [2.45, 2.75) is 30.9 Å². The van der Waals surface area contributed by atoms with Gasteiger partial charge < -0.3 is 4.90 Å². The molecule has 1 heterocycles. The lowest BCUT2D eigenvalue weighted by molar-refractivity contribution is -0.343. The summed E-state index contributed by atoms with van der Waals surface area (Å²) in [6.45, 7) is -0.348. The second-order valence-electron chi connectivity index (χ2n) is 4.84. The topological polar surface area (TPSA) is 20.3 Å². The van der Waals surface area contributed by atoms with Gasteiger partial charge >= 0.3 is 23.9 Å². The van der Waals surface area contributed by atoms with Gasteiger partial charge in [0.1, 0.15) is 0 Å². The Bertz CT molecular complexity index is 582. The lowest BCUT2D eigenvalue weighted by Crippen LogP contribution is -2.60. The minimum absolute atomic E-state index is 0.0728. The molecule has 1 aromatic carbocycles. The van der Waals surface area contributed by atoms with Crippen LogP contribution in [0.15, 0.2) is 24.3 Å². The Morgan fingerprint density at radius 2 is 1.59 bits per heavy atom. The summed E-state index contributed by atoms with van der Waals surface area (Å²) in [7, 11) is 0. The van der Waals surface area contributed by atoms with E-state index in [9.17, 15) is 35.5 Å². The quantitative estimate of drug-likeness (QED) is 0.756. The van der Waals surface area contributed by atoms with Crippen molar-refractivity contribution in [3.8, 4) is 0 Å². The second-order valence-corrected chi connectivity index (χ2v) is 4.84. The average molecular weight is 329 g/mol. The minimum atomic E-state index is -6.53. The fourth-order valence-electron chi connectivity index (χ4n) is 2.23. The van der Waals surface area contributed by atoms with Crippen LogP contribution < -0.4 is 4.90 Å². The number of anilines is 1. The van der Waals surface area contributed by atoms with Gasteiger partial charge in [0.25, 0.3) is 0 Å². The van der Waals surface area contributed by atoms with Crippen LogP contribution in [0.2, 0.25) is 0 Å². The summed E-state index contributed by atoms with van der Waals surface area (Å²) in [6, 6.07) is 5.66. The second kappa shape index (κ2) is 5.13. The molecule has 1 amide bonds. The lowest BCUT2D eigenvalue weighted by atomic mass is 10.00. The summed E-state index contributed by atoms with van der Waals surface area (Å²) in [5.74, 6) is -14.9. The zero-order chi connectivity index (χ0) is 16.8. The highest BCUT2D eigenvalue weighted by Crippen LogP contribution is 2.48. The van der Waals surface area contributed by atoms with Crippen molar-refractivity contribution in [2.75, 3.05) is 11.4 Å². The summed E-state index contributed by atoms with van der Waals surface area (Å²) in [5, 5.41) is 0. The molecule has 0 radical (unpaired) electrons. The first-order valence-corrected chi connectivity index (χ1v) is 6.22. The molecule has 0 N–H and O–H groups in total. The van der Waals surface area contributed by atoms with Crippen molar-refractivity contribution >= 4 is 11.6 Å². The third kappa shape index (κ3) is 2.42. The Hall–Kier alpha value is -1.80. The van der Waals surface area contributed by atoms with E-state index in [0.717, 1.165) is 0 Å². The van der Waals surface area contributed by atoms with E-state index in [1.54, 1.807) is 6.07 Å². The number of benzene rings is 1. The van der Waals surface area contributed by atoms with Crippen LogP contribution >= 0.6 is 0 Å². The number of carbonyl (C=O) groups excluding carboxylic acids is 1. The number of amides is 1. The molecule has 122 valence electrons. The van der Waals surface area contributed by atoms with Gasteiger partial charge in [-0.15, -0.1) is 0 Å². The predicted molar refractivity (Wildman–Crippen MR) is 63.1 cm³/mol. The molecule has 1 aromatic rings.